The lowest BCUT2D eigenvalue weighted by Gasteiger charge is -2.40. The molecule has 0 spiro atoms. The maximum absolute atomic E-state index is 12.5. The smallest absolute Gasteiger partial charge is 0.236 e. The molecule has 1 aromatic heterocycles. The van der Waals surface area contributed by atoms with E-state index in [9.17, 15) is 4.79 Å². The van der Waals surface area contributed by atoms with Crippen molar-refractivity contribution in [1.29, 1.82) is 0 Å². The van der Waals surface area contributed by atoms with Crippen LogP contribution in [0.2, 0.25) is 0 Å². The first-order chi connectivity index (χ1) is 8.99. The number of thioether (sulfide) groups is 1. The summed E-state index contributed by atoms with van der Waals surface area (Å²) in [5.41, 5.74) is 5.48. The average Bonchev–Trinajstić information content (AvgIpc) is 2.74. The number of aromatic amines is 1. The van der Waals surface area contributed by atoms with E-state index in [0.717, 1.165) is 12.8 Å². The van der Waals surface area contributed by atoms with Gasteiger partial charge >= 0.3 is 0 Å². The summed E-state index contributed by atoms with van der Waals surface area (Å²) >= 11 is 1.35. The number of nitrogens with two attached hydrogens (primary N) is 1. The molecular weight excluding hydrogens is 262 g/mol. The standard InChI is InChI=1S/C12H21N5OS/c1-7-5-4-6-8(2)17(7)10(18)9(3)19-12-14-11(13)15-16-12/h7-9H,4-6H2,1-3H3,(H3,13,14,15,16)/t7-,8+,9-/m1/s1. The molecule has 19 heavy (non-hydrogen) atoms. The van der Waals surface area contributed by atoms with Crippen molar-refractivity contribution in [3.05, 3.63) is 0 Å². The molecular formula is C12H21N5OS. The first kappa shape index (κ1) is 14.2. The van der Waals surface area contributed by atoms with Crippen LogP contribution in [0.1, 0.15) is 40.0 Å². The van der Waals surface area contributed by atoms with Gasteiger partial charge in [0.1, 0.15) is 0 Å². The van der Waals surface area contributed by atoms with Gasteiger partial charge in [-0.3, -0.25) is 4.79 Å². The Morgan fingerprint density at radius 3 is 2.63 bits per heavy atom. The molecule has 0 aromatic carbocycles. The second-order valence-electron chi connectivity index (χ2n) is 5.14. The molecule has 0 aliphatic carbocycles. The topological polar surface area (TPSA) is 87.9 Å². The molecule has 0 bridgehead atoms. The van der Waals surface area contributed by atoms with Gasteiger partial charge in [0.15, 0.2) is 0 Å². The van der Waals surface area contributed by atoms with Crippen molar-refractivity contribution in [1.82, 2.24) is 20.1 Å². The van der Waals surface area contributed by atoms with Gasteiger partial charge in [0.25, 0.3) is 0 Å². The number of H-pyrrole nitrogens is 1. The molecule has 7 heteroatoms. The summed E-state index contributed by atoms with van der Waals surface area (Å²) in [6, 6.07) is 0.632. The summed E-state index contributed by atoms with van der Waals surface area (Å²) in [5.74, 6) is 0.440. The van der Waals surface area contributed by atoms with Gasteiger partial charge in [0, 0.05) is 12.1 Å². The number of nitrogen functional groups attached to an aromatic ring is 1. The molecule has 0 saturated carbocycles. The average molecular weight is 283 g/mol. The molecule has 2 rings (SSSR count). The first-order valence-corrected chi connectivity index (χ1v) is 7.53. The molecule has 106 valence electrons. The molecule has 3 N–H and O–H groups in total. The fourth-order valence-corrected chi connectivity index (χ4v) is 3.37. The number of nitrogens with one attached hydrogen (secondary N) is 1. The van der Waals surface area contributed by atoms with E-state index < -0.39 is 0 Å². The monoisotopic (exact) mass is 283 g/mol. The SMILES string of the molecule is C[C@@H]1CCC[C@H](C)N1C(=O)[C@@H](C)Sc1n[nH]c(N)n1. The van der Waals surface area contributed by atoms with Gasteiger partial charge in [-0.25, -0.2) is 5.10 Å². The summed E-state index contributed by atoms with van der Waals surface area (Å²) in [5, 5.41) is 6.86. The van der Waals surface area contributed by atoms with Crippen LogP contribution in [0.4, 0.5) is 5.95 Å². The van der Waals surface area contributed by atoms with Crippen molar-refractivity contribution in [3.8, 4) is 0 Å². The maximum Gasteiger partial charge on any atom is 0.236 e. The molecule has 1 aliphatic heterocycles. The van der Waals surface area contributed by atoms with Crippen LogP contribution >= 0.6 is 11.8 Å². The zero-order valence-electron chi connectivity index (χ0n) is 11.6. The van der Waals surface area contributed by atoms with Gasteiger partial charge in [-0.1, -0.05) is 11.8 Å². The van der Waals surface area contributed by atoms with Gasteiger partial charge in [-0.05, 0) is 40.0 Å². The first-order valence-electron chi connectivity index (χ1n) is 6.65. The summed E-state index contributed by atoms with van der Waals surface area (Å²) < 4.78 is 0. The molecule has 0 unspecified atom stereocenters. The van der Waals surface area contributed by atoms with Crippen molar-refractivity contribution >= 4 is 23.6 Å². The number of carbonyl (C=O) groups is 1. The van der Waals surface area contributed by atoms with E-state index in [2.05, 4.69) is 29.0 Å². The van der Waals surface area contributed by atoms with Crippen LogP contribution in [0.3, 0.4) is 0 Å². The number of aromatic nitrogens is 3. The minimum Gasteiger partial charge on any atom is -0.368 e. The van der Waals surface area contributed by atoms with Gasteiger partial charge in [-0.2, -0.15) is 4.98 Å². The fraction of sp³-hybridized carbons (Fsp3) is 0.750. The number of piperidine rings is 1. The summed E-state index contributed by atoms with van der Waals surface area (Å²) in [6.07, 6.45) is 3.37. The highest BCUT2D eigenvalue weighted by Gasteiger charge is 2.32. The van der Waals surface area contributed by atoms with Crippen LogP contribution in [0.5, 0.6) is 0 Å². The molecule has 1 aromatic rings. The van der Waals surface area contributed by atoms with Crippen LogP contribution in [-0.2, 0) is 4.79 Å². The number of hydrogen-bond donors (Lipinski definition) is 2. The minimum atomic E-state index is -0.196. The van der Waals surface area contributed by atoms with Gasteiger partial charge in [-0.15, -0.1) is 5.10 Å². The highest BCUT2D eigenvalue weighted by atomic mass is 32.2. The Hall–Kier alpha value is -1.24. The third-order valence-corrected chi connectivity index (χ3v) is 4.51. The van der Waals surface area contributed by atoms with Crippen LogP contribution in [0, 0.1) is 0 Å². The molecule has 3 atom stereocenters. The highest BCUT2D eigenvalue weighted by Crippen LogP contribution is 2.27. The predicted molar refractivity (Wildman–Crippen MR) is 75.7 cm³/mol. The zero-order chi connectivity index (χ0) is 14.0. The summed E-state index contributed by atoms with van der Waals surface area (Å²) in [6.45, 7) is 6.14. The molecule has 1 fully saturated rings. The van der Waals surface area contributed by atoms with Crippen LogP contribution in [-0.4, -0.2) is 43.3 Å². The van der Waals surface area contributed by atoms with E-state index in [1.165, 1.54) is 18.2 Å². The Balaban J connectivity index is 2.01. The van der Waals surface area contributed by atoms with E-state index in [1.807, 2.05) is 11.8 Å². The third kappa shape index (κ3) is 3.20. The van der Waals surface area contributed by atoms with E-state index in [0.29, 0.717) is 17.2 Å². The van der Waals surface area contributed by atoms with Crippen LogP contribution in [0.15, 0.2) is 5.16 Å². The Labute approximate surface area is 117 Å². The number of carbonyl (C=O) groups excluding carboxylic acids is 1. The molecule has 1 saturated heterocycles. The predicted octanol–water partition coefficient (Wildman–Crippen LogP) is 1.66. The van der Waals surface area contributed by atoms with Crippen molar-refractivity contribution in [2.45, 2.75) is 62.5 Å². The largest absolute Gasteiger partial charge is 0.368 e. The van der Waals surface area contributed by atoms with Crippen molar-refractivity contribution in [2.75, 3.05) is 5.73 Å². The second kappa shape index (κ2) is 5.81. The Morgan fingerprint density at radius 1 is 1.47 bits per heavy atom. The second-order valence-corrected chi connectivity index (χ2v) is 6.45. The quantitative estimate of drug-likeness (QED) is 0.824. The molecule has 1 amide bonds. The summed E-state index contributed by atoms with van der Waals surface area (Å²) in [4.78, 5) is 18.6. The van der Waals surface area contributed by atoms with Crippen molar-refractivity contribution < 1.29 is 4.79 Å². The minimum absolute atomic E-state index is 0.160. The van der Waals surface area contributed by atoms with Gasteiger partial charge in [0.05, 0.1) is 5.25 Å². The van der Waals surface area contributed by atoms with E-state index in [4.69, 9.17) is 5.73 Å². The molecule has 6 nitrogen and oxygen atoms in total. The number of nitrogens with zero attached hydrogens (tertiary/aromatic N) is 3. The Morgan fingerprint density at radius 2 is 2.11 bits per heavy atom. The van der Waals surface area contributed by atoms with Crippen molar-refractivity contribution in [3.63, 3.8) is 0 Å². The fourth-order valence-electron chi connectivity index (χ4n) is 2.58. The number of likely N-dealkylation sites (tertiary alicyclic amines) is 1. The lowest BCUT2D eigenvalue weighted by atomic mass is 9.97. The Bertz CT molecular complexity index is 439. The van der Waals surface area contributed by atoms with Crippen LogP contribution < -0.4 is 5.73 Å². The Kier molecular flexibility index (Phi) is 4.34. The lowest BCUT2D eigenvalue weighted by Crippen LogP contribution is -2.50. The zero-order valence-corrected chi connectivity index (χ0v) is 12.4. The van der Waals surface area contributed by atoms with Gasteiger partial charge < -0.3 is 10.6 Å². The van der Waals surface area contributed by atoms with E-state index in [1.54, 1.807) is 0 Å². The summed E-state index contributed by atoms with van der Waals surface area (Å²) in [7, 11) is 0. The number of hydrogen-bond acceptors (Lipinski definition) is 5. The number of amides is 1. The highest BCUT2D eigenvalue weighted by molar-refractivity contribution is 8.00. The normalized spacial score (nSPS) is 25.3. The van der Waals surface area contributed by atoms with E-state index >= 15 is 0 Å². The van der Waals surface area contributed by atoms with Crippen LogP contribution in [0.25, 0.3) is 0 Å². The van der Waals surface area contributed by atoms with Gasteiger partial charge in [0.2, 0.25) is 17.0 Å². The third-order valence-electron chi connectivity index (χ3n) is 3.56. The lowest BCUT2D eigenvalue weighted by molar-refractivity contribution is -0.136. The van der Waals surface area contributed by atoms with E-state index in [-0.39, 0.29) is 17.1 Å². The maximum atomic E-state index is 12.5. The molecule has 1 aliphatic rings. The number of rotatable bonds is 3. The molecule has 0 radical (unpaired) electrons. The number of anilines is 1. The van der Waals surface area contributed by atoms with Crippen molar-refractivity contribution in [2.24, 2.45) is 0 Å². The molecule has 2 heterocycles.